The SMILES string of the molecule is CCCc1noc(CSc2nnc(-c3ccc(OC)cc3)n2-c2cccc(C(F)(F)F)c2)n1. The molecule has 0 saturated carbocycles. The van der Waals surface area contributed by atoms with Crippen LogP contribution in [0.25, 0.3) is 17.1 Å². The highest BCUT2D eigenvalue weighted by Gasteiger charge is 2.31. The average molecular weight is 475 g/mol. The minimum Gasteiger partial charge on any atom is -0.497 e. The van der Waals surface area contributed by atoms with Crippen LogP contribution in [-0.2, 0) is 18.3 Å². The first kappa shape index (κ1) is 22.8. The van der Waals surface area contributed by atoms with Gasteiger partial charge in [0.2, 0.25) is 5.89 Å². The van der Waals surface area contributed by atoms with Gasteiger partial charge in [-0.25, -0.2) is 0 Å². The lowest BCUT2D eigenvalue weighted by Crippen LogP contribution is -2.07. The minimum atomic E-state index is -4.48. The third kappa shape index (κ3) is 5.19. The number of methoxy groups -OCH3 is 1. The van der Waals surface area contributed by atoms with E-state index in [-0.39, 0.29) is 0 Å². The molecule has 4 rings (SSSR count). The Labute approximate surface area is 192 Å². The minimum absolute atomic E-state index is 0.292. The number of benzene rings is 2. The molecule has 0 amide bonds. The Morgan fingerprint density at radius 2 is 1.88 bits per heavy atom. The quantitative estimate of drug-likeness (QED) is 0.307. The van der Waals surface area contributed by atoms with Gasteiger partial charge in [0.05, 0.1) is 24.1 Å². The number of alkyl halides is 3. The largest absolute Gasteiger partial charge is 0.497 e. The second-order valence-corrected chi connectivity index (χ2v) is 8.00. The van der Waals surface area contributed by atoms with Crippen molar-refractivity contribution >= 4 is 11.8 Å². The molecule has 2 aromatic heterocycles. The zero-order valence-corrected chi connectivity index (χ0v) is 18.7. The highest BCUT2D eigenvalue weighted by Crippen LogP contribution is 2.34. The number of thioether (sulfide) groups is 1. The average Bonchev–Trinajstić information content (AvgIpc) is 3.44. The number of hydrogen-bond acceptors (Lipinski definition) is 7. The maximum Gasteiger partial charge on any atom is 0.416 e. The Morgan fingerprint density at radius 3 is 2.58 bits per heavy atom. The molecule has 0 bridgehead atoms. The van der Waals surface area contributed by atoms with Crippen LogP contribution in [-0.4, -0.2) is 32.0 Å². The summed E-state index contributed by atoms with van der Waals surface area (Å²) in [6, 6.07) is 12.1. The first-order valence-electron chi connectivity index (χ1n) is 10.1. The Morgan fingerprint density at radius 1 is 1.09 bits per heavy atom. The second-order valence-electron chi connectivity index (χ2n) is 7.06. The molecule has 0 saturated heterocycles. The summed E-state index contributed by atoms with van der Waals surface area (Å²) in [5, 5.41) is 12.8. The van der Waals surface area contributed by atoms with Crippen molar-refractivity contribution in [3.63, 3.8) is 0 Å². The molecule has 33 heavy (non-hydrogen) atoms. The summed E-state index contributed by atoms with van der Waals surface area (Å²) in [5.41, 5.74) is 0.211. The van der Waals surface area contributed by atoms with Crippen molar-refractivity contribution in [2.75, 3.05) is 7.11 Å². The van der Waals surface area contributed by atoms with Gasteiger partial charge in [-0.3, -0.25) is 4.57 Å². The molecule has 0 unspecified atom stereocenters. The van der Waals surface area contributed by atoms with Crippen LogP contribution in [0.3, 0.4) is 0 Å². The Hall–Kier alpha value is -3.34. The fraction of sp³-hybridized carbons (Fsp3) is 0.273. The summed E-state index contributed by atoms with van der Waals surface area (Å²) < 4.78 is 52.1. The van der Waals surface area contributed by atoms with E-state index in [1.165, 1.54) is 17.8 Å². The predicted octanol–water partition coefficient (Wildman–Crippen LogP) is 5.59. The van der Waals surface area contributed by atoms with E-state index in [1.54, 1.807) is 42.0 Å². The van der Waals surface area contributed by atoms with E-state index in [0.29, 0.717) is 51.9 Å². The fourth-order valence-corrected chi connectivity index (χ4v) is 3.93. The standard InChI is InChI=1S/C22H20F3N5O2S/c1-3-5-18-26-19(32-29-18)13-33-21-28-27-20(14-8-10-17(31-2)11-9-14)30(21)16-7-4-6-15(12-16)22(23,24)25/h4,6-12H,3,5,13H2,1-2H3. The Kier molecular flexibility index (Phi) is 6.68. The van der Waals surface area contributed by atoms with Gasteiger partial charge in [0.25, 0.3) is 0 Å². The van der Waals surface area contributed by atoms with Gasteiger partial charge in [0.15, 0.2) is 16.8 Å². The van der Waals surface area contributed by atoms with E-state index in [4.69, 9.17) is 9.26 Å². The van der Waals surface area contributed by atoms with Crippen LogP contribution < -0.4 is 4.74 Å². The number of hydrogen-bond donors (Lipinski definition) is 0. The highest BCUT2D eigenvalue weighted by molar-refractivity contribution is 7.98. The van der Waals surface area contributed by atoms with Crippen molar-refractivity contribution in [3.8, 4) is 22.8 Å². The molecule has 11 heteroatoms. The third-order valence-corrected chi connectivity index (χ3v) is 5.64. The summed E-state index contributed by atoms with van der Waals surface area (Å²) in [6.07, 6.45) is -2.88. The summed E-state index contributed by atoms with van der Waals surface area (Å²) in [7, 11) is 1.55. The first-order valence-corrected chi connectivity index (χ1v) is 11.1. The molecule has 2 aromatic carbocycles. The third-order valence-electron chi connectivity index (χ3n) is 4.72. The van der Waals surface area contributed by atoms with Gasteiger partial charge in [-0.15, -0.1) is 10.2 Å². The zero-order valence-electron chi connectivity index (χ0n) is 17.8. The molecule has 0 aliphatic carbocycles. The lowest BCUT2D eigenvalue weighted by atomic mass is 10.1. The summed E-state index contributed by atoms with van der Waals surface area (Å²) in [4.78, 5) is 4.33. The molecule has 4 aromatic rings. The molecular formula is C22H20F3N5O2S. The van der Waals surface area contributed by atoms with Gasteiger partial charge in [0.1, 0.15) is 5.75 Å². The van der Waals surface area contributed by atoms with E-state index in [1.807, 2.05) is 6.92 Å². The van der Waals surface area contributed by atoms with E-state index in [9.17, 15) is 13.2 Å². The van der Waals surface area contributed by atoms with Crippen LogP contribution in [0.15, 0.2) is 58.2 Å². The molecule has 0 N–H and O–H groups in total. The van der Waals surface area contributed by atoms with Crippen molar-refractivity contribution in [2.24, 2.45) is 0 Å². The number of aryl methyl sites for hydroxylation is 1. The van der Waals surface area contributed by atoms with Crippen molar-refractivity contribution in [3.05, 3.63) is 65.8 Å². The summed E-state index contributed by atoms with van der Waals surface area (Å²) in [6.45, 7) is 2.02. The zero-order chi connectivity index (χ0) is 23.4. The maximum atomic E-state index is 13.4. The summed E-state index contributed by atoms with van der Waals surface area (Å²) in [5.74, 6) is 2.38. The van der Waals surface area contributed by atoms with Crippen LogP contribution in [0, 0.1) is 0 Å². The number of halogens is 3. The van der Waals surface area contributed by atoms with Crippen LogP contribution in [0.4, 0.5) is 13.2 Å². The Balaban J connectivity index is 1.72. The van der Waals surface area contributed by atoms with Crippen molar-refractivity contribution in [1.82, 2.24) is 24.9 Å². The molecule has 0 aliphatic rings. The lowest BCUT2D eigenvalue weighted by Gasteiger charge is -2.13. The molecule has 0 radical (unpaired) electrons. The maximum absolute atomic E-state index is 13.4. The van der Waals surface area contributed by atoms with Crippen molar-refractivity contribution < 1.29 is 22.4 Å². The molecule has 0 spiro atoms. The number of rotatable bonds is 8. The van der Waals surface area contributed by atoms with Crippen LogP contribution in [0.2, 0.25) is 0 Å². The van der Waals surface area contributed by atoms with Crippen LogP contribution in [0.1, 0.15) is 30.6 Å². The normalized spacial score (nSPS) is 11.7. The molecule has 172 valence electrons. The van der Waals surface area contributed by atoms with Gasteiger partial charge in [0, 0.05) is 12.0 Å². The van der Waals surface area contributed by atoms with Crippen LogP contribution >= 0.6 is 11.8 Å². The lowest BCUT2D eigenvalue weighted by molar-refractivity contribution is -0.137. The summed E-state index contributed by atoms with van der Waals surface area (Å²) >= 11 is 1.25. The molecule has 0 fully saturated rings. The molecule has 0 atom stereocenters. The van der Waals surface area contributed by atoms with E-state index in [2.05, 4.69) is 20.3 Å². The Bertz CT molecular complexity index is 1220. The van der Waals surface area contributed by atoms with Gasteiger partial charge in [-0.2, -0.15) is 18.2 Å². The van der Waals surface area contributed by atoms with Crippen molar-refractivity contribution in [1.29, 1.82) is 0 Å². The topological polar surface area (TPSA) is 78.9 Å². The molecule has 0 aliphatic heterocycles. The molecule has 2 heterocycles. The number of ether oxygens (including phenoxy) is 1. The fourth-order valence-electron chi connectivity index (χ4n) is 3.14. The number of aromatic nitrogens is 5. The van der Waals surface area contributed by atoms with Crippen LogP contribution in [0.5, 0.6) is 5.75 Å². The number of nitrogens with zero attached hydrogens (tertiary/aromatic N) is 5. The van der Waals surface area contributed by atoms with Crippen molar-refractivity contribution in [2.45, 2.75) is 36.9 Å². The first-order chi connectivity index (χ1) is 15.9. The van der Waals surface area contributed by atoms with Gasteiger partial charge >= 0.3 is 6.18 Å². The monoisotopic (exact) mass is 475 g/mol. The second kappa shape index (κ2) is 9.65. The van der Waals surface area contributed by atoms with E-state index in [0.717, 1.165) is 18.6 Å². The van der Waals surface area contributed by atoms with Gasteiger partial charge < -0.3 is 9.26 Å². The smallest absolute Gasteiger partial charge is 0.416 e. The predicted molar refractivity (Wildman–Crippen MR) is 116 cm³/mol. The molecular weight excluding hydrogens is 455 g/mol. The van der Waals surface area contributed by atoms with Gasteiger partial charge in [-0.05, 0) is 48.9 Å². The van der Waals surface area contributed by atoms with E-state index >= 15 is 0 Å². The highest BCUT2D eigenvalue weighted by atomic mass is 32.2. The molecule has 7 nitrogen and oxygen atoms in total. The van der Waals surface area contributed by atoms with E-state index < -0.39 is 11.7 Å². The van der Waals surface area contributed by atoms with Gasteiger partial charge in [-0.1, -0.05) is 29.9 Å².